The molecule has 0 radical (unpaired) electrons. The van der Waals surface area contributed by atoms with E-state index in [4.69, 9.17) is 0 Å². The molecule has 2 aromatic rings. The molecule has 84 valence electrons. The summed E-state index contributed by atoms with van der Waals surface area (Å²) >= 11 is 0. The minimum absolute atomic E-state index is 0.486. The summed E-state index contributed by atoms with van der Waals surface area (Å²) in [5.74, 6) is 0.786. The Hall–Kier alpha value is -1.68. The van der Waals surface area contributed by atoms with E-state index in [2.05, 4.69) is 10.1 Å². The monoisotopic (exact) mass is 217 g/mol. The predicted molar refractivity (Wildman–Crippen MR) is 60.8 cm³/mol. The summed E-state index contributed by atoms with van der Waals surface area (Å²) in [7, 11) is 1.82. The average Bonchev–Trinajstić information content (AvgIpc) is 2.64. The van der Waals surface area contributed by atoms with Crippen molar-refractivity contribution in [2.24, 2.45) is 7.05 Å². The predicted octanol–water partition coefficient (Wildman–Crippen LogP) is 1.40. The second-order valence-corrected chi connectivity index (χ2v) is 3.93. The van der Waals surface area contributed by atoms with Crippen LogP contribution in [0.2, 0.25) is 0 Å². The van der Waals surface area contributed by atoms with E-state index in [9.17, 15) is 5.11 Å². The molecule has 1 atom stereocenters. The molecule has 0 fully saturated rings. The highest BCUT2D eigenvalue weighted by atomic mass is 16.3. The van der Waals surface area contributed by atoms with Gasteiger partial charge in [0.2, 0.25) is 0 Å². The highest BCUT2D eigenvalue weighted by Crippen LogP contribution is 2.17. The molecule has 1 heterocycles. The van der Waals surface area contributed by atoms with Gasteiger partial charge >= 0.3 is 0 Å². The Bertz CT molecular complexity index is 479. The van der Waals surface area contributed by atoms with E-state index in [1.54, 1.807) is 4.68 Å². The van der Waals surface area contributed by atoms with Gasteiger partial charge in [-0.15, -0.1) is 0 Å². The SMILES string of the molecule is Cc1cccc(C(O)Cc2ncnn2C)c1. The molecule has 0 amide bonds. The molecule has 16 heavy (non-hydrogen) atoms. The largest absolute Gasteiger partial charge is 0.388 e. The lowest BCUT2D eigenvalue weighted by atomic mass is 10.0. The van der Waals surface area contributed by atoms with Crippen LogP contribution >= 0.6 is 0 Å². The van der Waals surface area contributed by atoms with E-state index < -0.39 is 6.10 Å². The number of hydrogen-bond acceptors (Lipinski definition) is 3. The van der Waals surface area contributed by atoms with Crippen LogP contribution in [0.3, 0.4) is 0 Å². The Kier molecular flexibility index (Phi) is 3.01. The van der Waals surface area contributed by atoms with E-state index in [1.807, 2.05) is 38.2 Å². The van der Waals surface area contributed by atoms with Gasteiger partial charge in [-0.3, -0.25) is 4.68 Å². The lowest BCUT2D eigenvalue weighted by Gasteiger charge is -2.10. The lowest BCUT2D eigenvalue weighted by molar-refractivity contribution is 0.174. The zero-order valence-electron chi connectivity index (χ0n) is 9.46. The molecule has 1 aromatic heterocycles. The summed E-state index contributed by atoms with van der Waals surface area (Å²) in [6, 6.07) is 7.87. The summed E-state index contributed by atoms with van der Waals surface area (Å²) in [6.07, 6.45) is 1.46. The normalized spacial score (nSPS) is 12.7. The molecule has 0 aliphatic heterocycles. The summed E-state index contributed by atoms with van der Waals surface area (Å²) in [6.45, 7) is 2.01. The molecule has 0 saturated carbocycles. The second-order valence-electron chi connectivity index (χ2n) is 3.93. The third-order valence-corrected chi connectivity index (χ3v) is 2.61. The highest BCUT2D eigenvalue weighted by molar-refractivity contribution is 5.24. The Balaban J connectivity index is 2.14. The van der Waals surface area contributed by atoms with Crippen LogP contribution in [-0.4, -0.2) is 19.9 Å². The van der Waals surface area contributed by atoms with Crippen molar-refractivity contribution in [2.45, 2.75) is 19.4 Å². The fourth-order valence-electron chi connectivity index (χ4n) is 1.67. The van der Waals surface area contributed by atoms with Crippen LogP contribution in [0.4, 0.5) is 0 Å². The van der Waals surface area contributed by atoms with Crippen molar-refractivity contribution >= 4 is 0 Å². The quantitative estimate of drug-likeness (QED) is 0.845. The van der Waals surface area contributed by atoms with Gasteiger partial charge in [0.1, 0.15) is 12.2 Å². The number of hydrogen-bond donors (Lipinski definition) is 1. The van der Waals surface area contributed by atoms with E-state index in [-0.39, 0.29) is 0 Å². The molecule has 1 aromatic carbocycles. The Morgan fingerprint density at radius 2 is 2.25 bits per heavy atom. The summed E-state index contributed by atoms with van der Waals surface area (Å²) in [4.78, 5) is 4.10. The maximum atomic E-state index is 10.1. The lowest BCUT2D eigenvalue weighted by Crippen LogP contribution is -2.07. The van der Waals surface area contributed by atoms with Gasteiger partial charge in [0, 0.05) is 13.5 Å². The first-order valence-electron chi connectivity index (χ1n) is 5.24. The van der Waals surface area contributed by atoms with Crippen LogP contribution in [0.5, 0.6) is 0 Å². The van der Waals surface area contributed by atoms with Gasteiger partial charge in [0.25, 0.3) is 0 Å². The summed E-state index contributed by atoms with van der Waals surface area (Å²) in [5, 5.41) is 14.0. The van der Waals surface area contributed by atoms with Gasteiger partial charge in [0.05, 0.1) is 6.10 Å². The first-order chi connectivity index (χ1) is 7.66. The fourth-order valence-corrected chi connectivity index (χ4v) is 1.67. The van der Waals surface area contributed by atoms with Gasteiger partial charge in [-0.1, -0.05) is 29.8 Å². The van der Waals surface area contributed by atoms with Crippen LogP contribution in [0, 0.1) is 6.92 Å². The van der Waals surface area contributed by atoms with Crippen molar-refractivity contribution in [3.63, 3.8) is 0 Å². The molecule has 4 heteroatoms. The van der Waals surface area contributed by atoms with Crippen LogP contribution in [-0.2, 0) is 13.5 Å². The van der Waals surface area contributed by atoms with E-state index >= 15 is 0 Å². The van der Waals surface area contributed by atoms with Gasteiger partial charge in [0.15, 0.2) is 0 Å². The van der Waals surface area contributed by atoms with Gasteiger partial charge in [-0.25, -0.2) is 4.98 Å². The van der Waals surface area contributed by atoms with E-state index in [0.717, 1.165) is 17.0 Å². The molecule has 4 nitrogen and oxygen atoms in total. The molecule has 0 bridgehead atoms. The third-order valence-electron chi connectivity index (χ3n) is 2.61. The number of benzene rings is 1. The number of aliphatic hydroxyl groups excluding tert-OH is 1. The maximum Gasteiger partial charge on any atom is 0.138 e. The van der Waals surface area contributed by atoms with E-state index in [1.165, 1.54) is 6.33 Å². The first-order valence-corrected chi connectivity index (χ1v) is 5.24. The number of rotatable bonds is 3. The summed E-state index contributed by atoms with van der Waals surface area (Å²) in [5.41, 5.74) is 2.07. The molecular weight excluding hydrogens is 202 g/mol. The second kappa shape index (κ2) is 4.45. The topological polar surface area (TPSA) is 50.9 Å². The van der Waals surface area contributed by atoms with Crippen molar-refractivity contribution in [3.8, 4) is 0 Å². The van der Waals surface area contributed by atoms with Crippen molar-refractivity contribution in [3.05, 3.63) is 47.5 Å². The Labute approximate surface area is 94.6 Å². The molecule has 1 N–H and O–H groups in total. The van der Waals surface area contributed by atoms with E-state index in [0.29, 0.717) is 6.42 Å². The van der Waals surface area contributed by atoms with Crippen molar-refractivity contribution in [2.75, 3.05) is 0 Å². The van der Waals surface area contributed by atoms with Crippen LogP contribution < -0.4 is 0 Å². The average molecular weight is 217 g/mol. The van der Waals surface area contributed by atoms with Gasteiger partial charge in [-0.2, -0.15) is 5.10 Å². The molecule has 2 rings (SSSR count). The van der Waals surface area contributed by atoms with Crippen LogP contribution in [0.25, 0.3) is 0 Å². The standard InChI is InChI=1S/C12H15N3O/c1-9-4-3-5-10(6-9)11(16)7-12-13-8-14-15(12)2/h3-6,8,11,16H,7H2,1-2H3. The Morgan fingerprint density at radius 1 is 1.44 bits per heavy atom. The van der Waals surface area contributed by atoms with Gasteiger partial charge in [-0.05, 0) is 12.5 Å². The molecule has 1 unspecified atom stereocenters. The zero-order valence-corrected chi connectivity index (χ0v) is 9.46. The smallest absolute Gasteiger partial charge is 0.138 e. The molecule has 0 aliphatic rings. The summed E-state index contributed by atoms with van der Waals surface area (Å²) < 4.78 is 1.68. The van der Waals surface area contributed by atoms with Gasteiger partial charge < -0.3 is 5.11 Å². The number of aliphatic hydroxyl groups is 1. The maximum absolute atomic E-state index is 10.1. The fraction of sp³-hybridized carbons (Fsp3) is 0.333. The minimum atomic E-state index is -0.525. The third kappa shape index (κ3) is 2.28. The van der Waals surface area contributed by atoms with Crippen molar-refractivity contribution < 1.29 is 5.11 Å². The zero-order chi connectivity index (χ0) is 11.5. The number of aryl methyl sites for hydroxylation is 2. The first kappa shape index (κ1) is 10.8. The molecular formula is C12H15N3O. The molecule has 0 spiro atoms. The minimum Gasteiger partial charge on any atom is -0.388 e. The van der Waals surface area contributed by atoms with Crippen LogP contribution in [0.15, 0.2) is 30.6 Å². The van der Waals surface area contributed by atoms with Crippen molar-refractivity contribution in [1.29, 1.82) is 0 Å². The number of nitrogens with zero attached hydrogens (tertiary/aromatic N) is 3. The molecule has 0 aliphatic carbocycles. The molecule has 0 saturated heterocycles. The highest BCUT2D eigenvalue weighted by Gasteiger charge is 2.11. The number of aromatic nitrogens is 3. The van der Waals surface area contributed by atoms with Crippen molar-refractivity contribution in [1.82, 2.24) is 14.8 Å². The van der Waals surface area contributed by atoms with Crippen LogP contribution in [0.1, 0.15) is 23.1 Å². The Morgan fingerprint density at radius 3 is 2.88 bits per heavy atom.